The summed E-state index contributed by atoms with van der Waals surface area (Å²) in [7, 11) is 2.03. The highest BCUT2D eigenvalue weighted by Gasteiger charge is 2.25. The first-order valence-corrected chi connectivity index (χ1v) is 8.07. The van der Waals surface area contributed by atoms with E-state index < -0.39 is 0 Å². The molecule has 0 spiro atoms. The van der Waals surface area contributed by atoms with Gasteiger partial charge in [-0.05, 0) is 43.6 Å². The van der Waals surface area contributed by atoms with E-state index >= 15 is 0 Å². The molecule has 2 unspecified atom stereocenters. The quantitative estimate of drug-likeness (QED) is 0.899. The lowest BCUT2D eigenvalue weighted by atomic mass is 10.1. The Morgan fingerprint density at radius 2 is 2.33 bits per heavy atom. The number of rotatable bonds is 5. The Morgan fingerprint density at radius 3 is 3.14 bits per heavy atom. The van der Waals surface area contributed by atoms with Crippen LogP contribution in [0.1, 0.15) is 30.5 Å². The molecule has 0 saturated carbocycles. The zero-order chi connectivity index (χ0) is 14.7. The van der Waals surface area contributed by atoms with Crippen LogP contribution >= 0.6 is 0 Å². The zero-order valence-corrected chi connectivity index (χ0v) is 13.1. The third kappa shape index (κ3) is 3.23. The summed E-state index contributed by atoms with van der Waals surface area (Å²) in [5, 5.41) is 3.38. The van der Waals surface area contributed by atoms with Gasteiger partial charge in [-0.2, -0.15) is 0 Å². The largest absolute Gasteiger partial charge is 0.491 e. The molecule has 0 bridgehead atoms. The highest BCUT2D eigenvalue weighted by Crippen LogP contribution is 2.36. The second-order valence-electron chi connectivity index (χ2n) is 5.90. The van der Waals surface area contributed by atoms with Crippen molar-refractivity contribution in [1.82, 2.24) is 10.2 Å². The Labute approximate surface area is 127 Å². The molecule has 4 nitrogen and oxygen atoms in total. The fraction of sp³-hybridized carbons (Fsp3) is 0.647. The number of hydrogen-bond acceptors (Lipinski definition) is 4. The summed E-state index contributed by atoms with van der Waals surface area (Å²) < 4.78 is 11.9. The van der Waals surface area contributed by atoms with Crippen LogP contribution in [0.5, 0.6) is 5.75 Å². The molecule has 1 aliphatic heterocycles. The van der Waals surface area contributed by atoms with Gasteiger partial charge in [-0.1, -0.05) is 19.1 Å². The lowest BCUT2D eigenvalue weighted by Crippen LogP contribution is -2.44. The van der Waals surface area contributed by atoms with Crippen LogP contribution in [0.3, 0.4) is 0 Å². The third-order valence-electron chi connectivity index (χ3n) is 4.67. The molecule has 21 heavy (non-hydrogen) atoms. The molecular weight excluding hydrogens is 264 g/mol. The van der Waals surface area contributed by atoms with Gasteiger partial charge in [-0.15, -0.1) is 0 Å². The molecule has 1 aromatic rings. The Kier molecular flexibility index (Phi) is 4.78. The van der Waals surface area contributed by atoms with Gasteiger partial charge in [0.25, 0.3) is 0 Å². The van der Waals surface area contributed by atoms with Gasteiger partial charge in [0.1, 0.15) is 18.5 Å². The Balaban J connectivity index is 1.62. The first-order valence-electron chi connectivity index (χ1n) is 8.07. The lowest BCUT2D eigenvalue weighted by Gasteiger charge is -2.32. The molecule has 1 heterocycles. The highest BCUT2D eigenvalue weighted by atomic mass is 16.5. The van der Waals surface area contributed by atoms with Crippen LogP contribution in [0.15, 0.2) is 18.2 Å². The average molecular weight is 290 g/mol. The number of hydrogen-bond donors (Lipinski definition) is 1. The van der Waals surface area contributed by atoms with Gasteiger partial charge < -0.3 is 14.8 Å². The van der Waals surface area contributed by atoms with Crippen LogP contribution in [0.25, 0.3) is 0 Å². The number of fused-ring (bicyclic) bond motifs is 1. The summed E-state index contributed by atoms with van der Waals surface area (Å²) in [5.41, 5.74) is 2.77. The average Bonchev–Trinajstić information content (AvgIpc) is 2.96. The molecule has 1 N–H and O–H groups in total. The van der Waals surface area contributed by atoms with Gasteiger partial charge in [0.15, 0.2) is 0 Å². The van der Waals surface area contributed by atoms with Crippen molar-refractivity contribution in [3.05, 3.63) is 29.3 Å². The van der Waals surface area contributed by atoms with E-state index in [1.165, 1.54) is 11.1 Å². The van der Waals surface area contributed by atoms with E-state index in [0.717, 1.165) is 44.8 Å². The predicted octanol–water partition coefficient (Wildman–Crippen LogP) is 1.99. The topological polar surface area (TPSA) is 33.7 Å². The van der Waals surface area contributed by atoms with Crippen molar-refractivity contribution in [1.29, 1.82) is 0 Å². The second kappa shape index (κ2) is 6.77. The van der Waals surface area contributed by atoms with Gasteiger partial charge >= 0.3 is 0 Å². The fourth-order valence-corrected chi connectivity index (χ4v) is 3.41. The summed E-state index contributed by atoms with van der Waals surface area (Å²) in [6.45, 7) is 6.77. The van der Waals surface area contributed by atoms with Gasteiger partial charge in [0.2, 0.25) is 0 Å². The smallest absolute Gasteiger partial charge is 0.122 e. The van der Waals surface area contributed by atoms with Crippen LogP contribution in [0, 0.1) is 0 Å². The Morgan fingerprint density at radius 1 is 1.43 bits per heavy atom. The molecule has 0 aromatic heterocycles. The molecule has 1 aliphatic carbocycles. The SMILES string of the molecule is CCN1CCOC(COc2cccc3c2CCC3NC)C1. The van der Waals surface area contributed by atoms with Crippen molar-refractivity contribution in [3.8, 4) is 5.75 Å². The van der Waals surface area contributed by atoms with Crippen molar-refractivity contribution in [2.45, 2.75) is 31.9 Å². The van der Waals surface area contributed by atoms with Crippen LogP contribution in [0.4, 0.5) is 0 Å². The molecule has 2 aliphatic rings. The lowest BCUT2D eigenvalue weighted by molar-refractivity contribution is -0.0465. The number of likely N-dealkylation sites (N-methyl/N-ethyl adjacent to an activating group) is 1. The molecule has 4 heteroatoms. The van der Waals surface area contributed by atoms with E-state index in [1.807, 2.05) is 7.05 Å². The number of ether oxygens (including phenoxy) is 2. The van der Waals surface area contributed by atoms with Gasteiger partial charge in [0, 0.05) is 19.1 Å². The van der Waals surface area contributed by atoms with E-state index in [4.69, 9.17) is 9.47 Å². The van der Waals surface area contributed by atoms with Crippen molar-refractivity contribution < 1.29 is 9.47 Å². The molecule has 2 atom stereocenters. The van der Waals surface area contributed by atoms with Crippen molar-refractivity contribution in [2.75, 3.05) is 39.9 Å². The molecular formula is C17H26N2O2. The molecule has 1 fully saturated rings. The zero-order valence-electron chi connectivity index (χ0n) is 13.1. The molecule has 0 amide bonds. The summed E-state index contributed by atoms with van der Waals surface area (Å²) in [5.74, 6) is 1.04. The predicted molar refractivity (Wildman–Crippen MR) is 83.9 cm³/mol. The molecule has 116 valence electrons. The van der Waals surface area contributed by atoms with E-state index in [-0.39, 0.29) is 6.10 Å². The molecule has 1 saturated heterocycles. The minimum Gasteiger partial charge on any atom is -0.491 e. The van der Waals surface area contributed by atoms with Crippen molar-refractivity contribution in [2.24, 2.45) is 0 Å². The number of morpholine rings is 1. The summed E-state index contributed by atoms with van der Waals surface area (Å²) in [6, 6.07) is 6.89. The van der Waals surface area contributed by atoms with Crippen LogP contribution in [0.2, 0.25) is 0 Å². The van der Waals surface area contributed by atoms with E-state index in [2.05, 4.69) is 35.3 Å². The number of nitrogens with zero attached hydrogens (tertiary/aromatic N) is 1. The van der Waals surface area contributed by atoms with Crippen LogP contribution in [-0.4, -0.2) is 50.9 Å². The summed E-state index contributed by atoms with van der Waals surface area (Å²) in [6.07, 6.45) is 2.45. The minimum absolute atomic E-state index is 0.191. The maximum atomic E-state index is 6.09. The fourth-order valence-electron chi connectivity index (χ4n) is 3.41. The van der Waals surface area contributed by atoms with Gasteiger partial charge in [0.05, 0.1) is 6.61 Å². The first kappa shape index (κ1) is 14.8. The Hall–Kier alpha value is -1.10. The maximum absolute atomic E-state index is 6.09. The first-order chi connectivity index (χ1) is 10.3. The standard InChI is InChI=1S/C17H26N2O2/c1-3-19-9-10-20-13(11-19)12-21-17-6-4-5-14-15(17)7-8-16(14)18-2/h4-6,13,16,18H,3,7-12H2,1-2H3. The maximum Gasteiger partial charge on any atom is 0.122 e. The van der Waals surface area contributed by atoms with Gasteiger partial charge in [-0.25, -0.2) is 0 Å². The van der Waals surface area contributed by atoms with E-state index in [9.17, 15) is 0 Å². The highest BCUT2D eigenvalue weighted by molar-refractivity contribution is 5.45. The van der Waals surface area contributed by atoms with Crippen LogP contribution < -0.4 is 10.1 Å². The second-order valence-corrected chi connectivity index (χ2v) is 5.90. The molecule has 3 rings (SSSR count). The van der Waals surface area contributed by atoms with E-state index in [0.29, 0.717) is 12.6 Å². The summed E-state index contributed by atoms with van der Waals surface area (Å²) >= 11 is 0. The monoisotopic (exact) mass is 290 g/mol. The third-order valence-corrected chi connectivity index (χ3v) is 4.67. The van der Waals surface area contributed by atoms with Crippen LogP contribution in [-0.2, 0) is 11.2 Å². The minimum atomic E-state index is 0.191. The number of benzene rings is 1. The van der Waals surface area contributed by atoms with E-state index in [1.54, 1.807) is 0 Å². The summed E-state index contributed by atoms with van der Waals surface area (Å²) in [4.78, 5) is 2.42. The molecule has 0 radical (unpaired) electrons. The Bertz CT molecular complexity index is 478. The van der Waals surface area contributed by atoms with Crippen molar-refractivity contribution >= 4 is 0 Å². The normalized spacial score (nSPS) is 25.8. The van der Waals surface area contributed by atoms with Gasteiger partial charge in [-0.3, -0.25) is 4.90 Å². The number of nitrogens with one attached hydrogen (secondary N) is 1. The molecule has 1 aromatic carbocycles. The van der Waals surface area contributed by atoms with Crippen molar-refractivity contribution in [3.63, 3.8) is 0 Å².